The number of ether oxygens (including phenoxy) is 2. The zero-order valence-corrected chi connectivity index (χ0v) is 18.3. The number of amides is 1. The molecule has 1 saturated heterocycles. The molecule has 3 aromatic rings. The van der Waals surface area contributed by atoms with E-state index in [1.54, 1.807) is 21.1 Å². The van der Waals surface area contributed by atoms with Crippen LogP contribution in [0.3, 0.4) is 0 Å². The third-order valence-electron chi connectivity index (χ3n) is 5.22. The van der Waals surface area contributed by atoms with Crippen molar-refractivity contribution in [3.63, 3.8) is 0 Å². The van der Waals surface area contributed by atoms with Crippen LogP contribution >= 0.6 is 11.3 Å². The minimum atomic E-state index is -0.00216. The molecule has 0 N–H and O–H groups in total. The number of nitrogens with zero attached hydrogens (tertiary/aromatic N) is 4. The highest BCUT2D eigenvalue weighted by Gasteiger charge is 2.30. The summed E-state index contributed by atoms with van der Waals surface area (Å²) < 4.78 is 16.0. The fourth-order valence-electron chi connectivity index (χ4n) is 3.67. The van der Waals surface area contributed by atoms with E-state index in [-0.39, 0.29) is 11.8 Å². The molecular weight excluding hydrogens is 404 g/mol. The Morgan fingerprint density at radius 1 is 1.20 bits per heavy atom. The van der Waals surface area contributed by atoms with Gasteiger partial charge in [0, 0.05) is 18.7 Å². The van der Waals surface area contributed by atoms with E-state index in [0.717, 1.165) is 29.1 Å². The number of hydrogen-bond donors (Lipinski definition) is 0. The average molecular weight is 429 g/mol. The van der Waals surface area contributed by atoms with Crippen molar-refractivity contribution >= 4 is 17.2 Å². The van der Waals surface area contributed by atoms with Gasteiger partial charge in [-0.1, -0.05) is 5.16 Å². The van der Waals surface area contributed by atoms with Crippen LogP contribution in [0.15, 0.2) is 22.7 Å². The molecule has 1 aliphatic rings. The smallest absolute Gasteiger partial charge is 0.265 e. The maximum absolute atomic E-state index is 13.3. The lowest BCUT2D eigenvalue weighted by Gasteiger charge is -2.30. The number of hydrogen-bond acceptors (Lipinski definition) is 8. The quantitative estimate of drug-likeness (QED) is 0.610. The van der Waals surface area contributed by atoms with Crippen LogP contribution in [0.25, 0.3) is 10.6 Å². The summed E-state index contributed by atoms with van der Waals surface area (Å²) in [5.74, 6) is 2.58. The zero-order valence-electron chi connectivity index (χ0n) is 17.5. The molecule has 0 saturated carbocycles. The molecule has 1 aliphatic heterocycles. The lowest BCUT2D eigenvalue weighted by molar-refractivity contribution is 0.0699. The van der Waals surface area contributed by atoms with E-state index in [9.17, 15) is 4.79 Å². The number of rotatable bonds is 5. The van der Waals surface area contributed by atoms with Gasteiger partial charge in [0.05, 0.1) is 25.8 Å². The molecule has 30 heavy (non-hydrogen) atoms. The van der Waals surface area contributed by atoms with E-state index in [1.165, 1.54) is 11.3 Å². The predicted molar refractivity (Wildman–Crippen MR) is 112 cm³/mol. The molecule has 8 nitrogen and oxygen atoms in total. The summed E-state index contributed by atoms with van der Waals surface area (Å²) in [4.78, 5) is 24.8. The molecule has 9 heteroatoms. The van der Waals surface area contributed by atoms with Crippen LogP contribution in [-0.2, 0) is 0 Å². The first-order valence-electron chi connectivity index (χ1n) is 9.79. The van der Waals surface area contributed by atoms with Gasteiger partial charge in [-0.05, 0) is 44.9 Å². The Morgan fingerprint density at radius 2 is 2.00 bits per heavy atom. The third kappa shape index (κ3) is 3.89. The number of carbonyl (C=O) groups excluding carboxylic acids is 1. The molecule has 3 heterocycles. The van der Waals surface area contributed by atoms with Crippen LogP contribution in [-0.4, -0.2) is 53.2 Å². The minimum absolute atomic E-state index is 0.00216. The highest BCUT2D eigenvalue weighted by Crippen LogP contribution is 2.36. The molecule has 0 spiro atoms. The minimum Gasteiger partial charge on any atom is -0.493 e. The maximum Gasteiger partial charge on any atom is 0.265 e. The molecule has 1 fully saturated rings. The van der Waals surface area contributed by atoms with Crippen molar-refractivity contribution < 1.29 is 18.8 Å². The normalized spacial score (nSPS) is 16.5. The molecule has 1 unspecified atom stereocenters. The van der Waals surface area contributed by atoms with E-state index in [1.807, 2.05) is 30.0 Å². The summed E-state index contributed by atoms with van der Waals surface area (Å²) >= 11 is 1.40. The lowest BCUT2D eigenvalue weighted by atomic mass is 9.98. The van der Waals surface area contributed by atoms with Crippen LogP contribution < -0.4 is 9.47 Å². The summed E-state index contributed by atoms with van der Waals surface area (Å²) in [6.45, 7) is 4.96. The van der Waals surface area contributed by atoms with Crippen molar-refractivity contribution in [3.05, 3.63) is 40.5 Å². The number of piperidine rings is 1. The van der Waals surface area contributed by atoms with Gasteiger partial charge in [0.15, 0.2) is 17.3 Å². The highest BCUT2D eigenvalue weighted by molar-refractivity contribution is 7.17. The maximum atomic E-state index is 13.3. The van der Waals surface area contributed by atoms with Crippen molar-refractivity contribution in [2.24, 2.45) is 0 Å². The second-order valence-corrected chi connectivity index (χ2v) is 8.27. The first kappa shape index (κ1) is 20.3. The lowest BCUT2D eigenvalue weighted by Crippen LogP contribution is -2.39. The standard InChI is InChI=1S/C21H24N4O4S/c1-12-18(30-20(22-12)14-7-8-16(27-3)17(10-14)28-4)21(26)25-9-5-6-15(11-25)19-23-13(2)24-29-19/h7-8,10,15H,5-6,9,11H2,1-4H3. The Hall–Kier alpha value is -2.94. The van der Waals surface area contributed by atoms with E-state index in [2.05, 4.69) is 15.1 Å². The van der Waals surface area contributed by atoms with Gasteiger partial charge >= 0.3 is 0 Å². The van der Waals surface area contributed by atoms with Crippen LogP contribution in [0.1, 0.15) is 45.8 Å². The van der Waals surface area contributed by atoms with Gasteiger partial charge < -0.3 is 18.9 Å². The van der Waals surface area contributed by atoms with E-state index in [0.29, 0.717) is 41.2 Å². The molecule has 1 aromatic carbocycles. The topological polar surface area (TPSA) is 90.6 Å². The van der Waals surface area contributed by atoms with Gasteiger partial charge in [-0.3, -0.25) is 4.79 Å². The predicted octanol–water partition coefficient (Wildman–Crippen LogP) is 3.85. The average Bonchev–Trinajstić information content (AvgIpc) is 3.38. The zero-order chi connectivity index (χ0) is 21.3. The van der Waals surface area contributed by atoms with Crippen LogP contribution in [0.5, 0.6) is 11.5 Å². The summed E-state index contributed by atoms with van der Waals surface area (Å²) in [5.41, 5.74) is 1.61. The number of aryl methyl sites for hydroxylation is 2. The molecular formula is C21H24N4O4S. The van der Waals surface area contributed by atoms with Gasteiger partial charge in [-0.2, -0.15) is 4.98 Å². The van der Waals surface area contributed by atoms with Gasteiger partial charge in [-0.15, -0.1) is 11.3 Å². The third-order valence-corrected chi connectivity index (χ3v) is 6.42. The molecule has 1 amide bonds. The Labute approximate surface area is 178 Å². The number of likely N-dealkylation sites (tertiary alicyclic amines) is 1. The van der Waals surface area contributed by atoms with Crippen molar-refractivity contribution in [2.45, 2.75) is 32.6 Å². The van der Waals surface area contributed by atoms with Gasteiger partial charge in [-0.25, -0.2) is 4.98 Å². The Balaban J connectivity index is 1.56. The second kappa shape index (κ2) is 8.43. The summed E-state index contributed by atoms with van der Waals surface area (Å²) in [5, 5.41) is 4.66. The largest absolute Gasteiger partial charge is 0.493 e. The molecule has 0 bridgehead atoms. The number of carbonyl (C=O) groups is 1. The summed E-state index contributed by atoms with van der Waals surface area (Å²) in [7, 11) is 3.20. The van der Waals surface area contributed by atoms with E-state index >= 15 is 0 Å². The Kier molecular flexibility index (Phi) is 5.72. The van der Waals surface area contributed by atoms with Crippen molar-refractivity contribution in [1.82, 2.24) is 20.0 Å². The first-order valence-corrected chi connectivity index (χ1v) is 10.6. The van der Waals surface area contributed by atoms with Gasteiger partial charge in [0.1, 0.15) is 9.88 Å². The van der Waals surface area contributed by atoms with Crippen LogP contribution in [0, 0.1) is 13.8 Å². The van der Waals surface area contributed by atoms with Crippen LogP contribution in [0.4, 0.5) is 0 Å². The first-order chi connectivity index (χ1) is 14.5. The monoisotopic (exact) mass is 428 g/mol. The summed E-state index contributed by atoms with van der Waals surface area (Å²) in [6, 6.07) is 5.64. The molecule has 4 rings (SSSR count). The number of methoxy groups -OCH3 is 2. The SMILES string of the molecule is COc1ccc(-c2nc(C)c(C(=O)N3CCCC(c4nc(C)no4)C3)s2)cc1OC. The summed E-state index contributed by atoms with van der Waals surface area (Å²) in [6.07, 6.45) is 1.84. The van der Waals surface area contributed by atoms with Crippen molar-refractivity contribution in [1.29, 1.82) is 0 Å². The number of benzene rings is 1. The van der Waals surface area contributed by atoms with Crippen molar-refractivity contribution in [3.8, 4) is 22.1 Å². The fraction of sp³-hybridized carbons (Fsp3) is 0.429. The van der Waals surface area contributed by atoms with E-state index in [4.69, 9.17) is 14.0 Å². The highest BCUT2D eigenvalue weighted by atomic mass is 32.1. The molecule has 0 aliphatic carbocycles. The van der Waals surface area contributed by atoms with Crippen molar-refractivity contribution in [2.75, 3.05) is 27.3 Å². The Bertz CT molecular complexity index is 1060. The van der Waals surface area contributed by atoms with Gasteiger partial charge in [0.25, 0.3) is 5.91 Å². The Morgan fingerprint density at radius 3 is 2.70 bits per heavy atom. The number of thiazole rings is 1. The van der Waals surface area contributed by atoms with Crippen LogP contribution in [0.2, 0.25) is 0 Å². The molecule has 2 aromatic heterocycles. The molecule has 0 radical (unpaired) electrons. The van der Waals surface area contributed by atoms with Gasteiger partial charge in [0.2, 0.25) is 5.89 Å². The number of aromatic nitrogens is 3. The van der Waals surface area contributed by atoms with E-state index < -0.39 is 0 Å². The molecule has 1 atom stereocenters. The molecule has 158 valence electrons. The fourth-order valence-corrected chi connectivity index (χ4v) is 4.70. The second-order valence-electron chi connectivity index (χ2n) is 7.27.